The Morgan fingerprint density at radius 2 is 2.46 bits per heavy atom. The lowest BCUT2D eigenvalue weighted by Crippen LogP contribution is -2.23. The van der Waals surface area contributed by atoms with E-state index in [0.717, 1.165) is 5.69 Å². The van der Waals surface area contributed by atoms with Crippen LogP contribution in [0.4, 0.5) is 0 Å². The van der Waals surface area contributed by atoms with Gasteiger partial charge in [-0.25, -0.2) is 4.68 Å². The van der Waals surface area contributed by atoms with Gasteiger partial charge in [0, 0.05) is 17.5 Å². The predicted molar refractivity (Wildman–Crippen MR) is 47.2 cm³/mol. The van der Waals surface area contributed by atoms with Crippen LogP contribution in [0.5, 0.6) is 0 Å². The third-order valence-corrected chi connectivity index (χ3v) is 1.48. The second kappa shape index (κ2) is 4.27. The fourth-order valence-electron chi connectivity index (χ4n) is 0.895. The molecule has 0 aliphatic rings. The topological polar surface area (TPSA) is 83.7 Å². The molecule has 0 aliphatic carbocycles. The molecule has 68 valence electrons. The minimum Gasteiger partial charge on any atom is -0.268 e. The zero-order valence-electron chi connectivity index (χ0n) is 7.21. The SMILES string of the molecule is Cc1ccc(=O)n(CCN=[N+]=[N-])n1. The Bertz CT molecular complexity index is 390. The molecule has 1 aromatic rings. The van der Waals surface area contributed by atoms with Crippen LogP contribution in [-0.2, 0) is 6.54 Å². The third-order valence-electron chi connectivity index (χ3n) is 1.48. The van der Waals surface area contributed by atoms with Gasteiger partial charge in [0.25, 0.3) is 5.56 Å². The first kappa shape index (κ1) is 9.28. The third kappa shape index (κ3) is 2.61. The summed E-state index contributed by atoms with van der Waals surface area (Å²) in [6, 6.07) is 3.09. The number of nitrogens with zero attached hydrogens (tertiary/aromatic N) is 5. The van der Waals surface area contributed by atoms with E-state index in [2.05, 4.69) is 15.1 Å². The van der Waals surface area contributed by atoms with Gasteiger partial charge < -0.3 is 0 Å². The zero-order valence-corrected chi connectivity index (χ0v) is 7.21. The molecule has 1 rings (SSSR count). The summed E-state index contributed by atoms with van der Waals surface area (Å²) in [4.78, 5) is 13.7. The van der Waals surface area contributed by atoms with Crippen LogP contribution in [-0.4, -0.2) is 16.3 Å². The Hall–Kier alpha value is -1.81. The van der Waals surface area contributed by atoms with Gasteiger partial charge in [0.15, 0.2) is 0 Å². The number of azide groups is 1. The van der Waals surface area contributed by atoms with E-state index in [1.165, 1.54) is 10.7 Å². The minimum absolute atomic E-state index is 0.182. The Labute approximate surface area is 74.4 Å². The van der Waals surface area contributed by atoms with Crippen LogP contribution in [0.2, 0.25) is 0 Å². The van der Waals surface area contributed by atoms with E-state index >= 15 is 0 Å². The maximum absolute atomic E-state index is 11.1. The number of hydrogen-bond donors (Lipinski definition) is 0. The van der Waals surface area contributed by atoms with Crippen molar-refractivity contribution < 1.29 is 0 Å². The van der Waals surface area contributed by atoms with Gasteiger partial charge in [-0.1, -0.05) is 5.11 Å². The van der Waals surface area contributed by atoms with Crippen LogP contribution in [0, 0.1) is 6.92 Å². The van der Waals surface area contributed by atoms with E-state index in [1.54, 1.807) is 13.0 Å². The molecule has 13 heavy (non-hydrogen) atoms. The molecule has 0 spiro atoms. The summed E-state index contributed by atoms with van der Waals surface area (Å²) in [5, 5.41) is 7.28. The highest BCUT2D eigenvalue weighted by Crippen LogP contribution is 1.86. The molecule has 0 amide bonds. The van der Waals surface area contributed by atoms with Crippen molar-refractivity contribution in [3.8, 4) is 0 Å². The van der Waals surface area contributed by atoms with Crippen LogP contribution in [0.25, 0.3) is 10.4 Å². The summed E-state index contributed by atoms with van der Waals surface area (Å²) in [6.45, 7) is 2.36. The van der Waals surface area contributed by atoms with Gasteiger partial charge >= 0.3 is 0 Å². The first-order valence-electron chi connectivity index (χ1n) is 3.79. The number of aromatic nitrogens is 2. The molecule has 0 fully saturated rings. The van der Waals surface area contributed by atoms with Gasteiger partial charge in [-0.05, 0) is 18.5 Å². The standard InChI is InChI=1S/C7H9N5O/c1-6-2-3-7(13)12(10-6)5-4-9-11-8/h2-3H,4-5H2,1H3. The summed E-state index contributed by atoms with van der Waals surface area (Å²) in [7, 11) is 0. The highest BCUT2D eigenvalue weighted by Gasteiger charge is 1.95. The number of rotatable bonds is 3. The highest BCUT2D eigenvalue weighted by atomic mass is 16.1. The Morgan fingerprint density at radius 3 is 3.15 bits per heavy atom. The number of hydrogen-bond acceptors (Lipinski definition) is 3. The second-order valence-corrected chi connectivity index (χ2v) is 2.49. The minimum atomic E-state index is -0.182. The molecule has 0 aromatic carbocycles. The molecule has 1 heterocycles. The Kier molecular flexibility index (Phi) is 3.05. The quantitative estimate of drug-likeness (QED) is 0.391. The summed E-state index contributed by atoms with van der Waals surface area (Å²) in [5.74, 6) is 0. The molecule has 0 radical (unpaired) electrons. The van der Waals surface area contributed by atoms with Crippen molar-refractivity contribution in [1.82, 2.24) is 9.78 Å². The smallest absolute Gasteiger partial charge is 0.266 e. The van der Waals surface area contributed by atoms with Crippen molar-refractivity contribution in [2.24, 2.45) is 5.11 Å². The summed E-state index contributed by atoms with van der Waals surface area (Å²) in [6.07, 6.45) is 0. The normalized spacial score (nSPS) is 9.31. The largest absolute Gasteiger partial charge is 0.268 e. The van der Waals surface area contributed by atoms with Crippen LogP contribution in [0.3, 0.4) is 0 Å². The summed E-state index contributed by atoms with van der Waals surface area (Å²) in [5.41, 5.74) is 8.60. The molecular formula is C7H9N5O. The van der Waals surface area contributed by atoms with Gasteiger partial charge in [-0.2, -0.15) is 5.10 Å². The second-order valence-electron chi connectivity index (χ2n) is 2.49. The highest BCUT2D eigenvalue weighted by molar-refractivity contribution is 4.96. The lowest BCUT2D eigenvalue weighted by molar-refractivity contribution is 0.578. The van der Waals surface area contributed by atoms with E-state index in [-0.39, 0.29) is 12.1 Å². The van der Waals surface area contributed by atoms with E-state index in [4.69, 9.17) is 5.53 Å². The maximum Gasteiger partial charge on any atom is 0.266 e. The first-order chi connectivity index (χ1) is 6.24. The van der Waals surface area contributed by atoms with Crippen LogP contribution in [0.1, 0.15) is 5.69 Å². The van der Waals surface area contributed by atoms with E-state index in [9.17, 15) is 4.79 Å². The fraction of sp³-hybridized carbons (Fsp3) is 0.429. The average Bonchev–Trinajstić information content (AvgIpc) is 2.11. The average molecular weight is 179 g/mol. The summed E-state index contributed by atoms with van der Waals surface area (Å²) >= 11 is 0. The lowest BCUT2D eigenvalue weighted by Gasteiger charge is -2.01. The molecule has 1 aromatic heterocycles. The molecule has 0 bridgehead atoms. The van der Waals surface area contributed by atoms with E-state index < -0.39 is 0 Å². The van der Waals surface area contributed by atoms with Crippen molar-refractivity contribution in [3.05, 3.63) is 38.6 Å². The molecule has 6 nitrogen and oxygen atoms in total. The van der Waals surface area contributed by atoms with Gasteiger partial charge in [-0.3, -0.25) is 4.79 Å². The van der Waals surface area contributed by atoms with E-state index in [0.29, 0.717) is 6.54 Å². The predicted octanol–water partition coefficient (Wildman–Crippen LogP) is 0.862. The Morgan fingerprint density at radius 1 is 1.69 bits per heavy atom. The van der Waals surface area contributed by atoms with Crippen molar-refractivity contribution in [2.45, 2.75) is 13.5 Å². The van der Waals surface area contributed by atoms with Gasteiger partial charge in [0.2, 0.25) is 0 Å². The maximum atomic E-state index is 11.1. The summed E-state index contributed by atoms with van der Waals surface area (Å²) < 4.78 is 1.28. The van der Waals surface area contributed by atoms with Gasteiger partial charge in [0.1, 0.15) is 0 Å². The fourth-order valence-corrected chi connectivity index (χ4v) is 0.895. The monoisotopic (exact) mass is 179 g/mol. The van der Waals surface area contributed by atoms with Crippen molar-refractivity contribution in [2.75, 3.05) is 6.54 Å². The molecule has 0 N–H and O–H groups in total. The molecule has 0 aliphatic heterocycles. The van der Waals surface area contributed by atoms with Crippen LogP contribution < -0.4 is 5.56 Å². The van der Waals surface area contributed by atoms with Crippen molar-refractivity contribution in [3.63, 3.8) is 0 Å². The van der Waals surface area contributed by atoms with Crippen molar-refractivity contribution in [1.29, 1.82) is 0 Å². The van der Waals surface area contributed by atoms with Crippen molar-refractivity contribution >= 4 is 0 Å². The van der Waals surface area contributed by atoms with Crippen LogP contribution in [0.15, 0.2) is 22.0 Å². The molecule has 0 saturated heterocycles. The van der Waals surface area contributed by atoms with E-state index in [1.807, 2.05) is 0 Å². The molecule has 0 atom stereocenters. The zero-order chi connectivity index (χ0) is 9.68. The molecule has 0 saturated carbocycles. The Balaban J connectivity index is 2.81. The number of aryl methyl sites for hydroxylation is 1. The van der Waals surface area contributed by atoms with Gasteiger partial charge in [0.05, 0.1) is 12.2 Å². The lowest BCUT2D eigenvalue weighted by atomic mass is 10.4. The molecular weight excluding hydrogens is 170 g/mol. The molecule has 0 unspecified atom stereocenters. The molecule has 6 heteroatoms. The first-order valence-corrected chi connectivity index (χ1v) is 3.79. The van der Waals surface area contributed by atoms with Gasteiger partial charge in [-0.15, -0.1) is 0 Å². The van der Waals surface area contributed by atoms with Crippen LogP contribution >= 0.6 is 0 Å².